The van der Waals surface area contributed by atoms with E-state index in [9.17, 15) is 4.79 Å². The molecule has 0 atom stereocenters. The second-order valence-corrected chi connectivity index (χ2v) is 6.04. The molecule has 22 heavy (non-hydrogen) atoms. The first-order valence-corrected chi connectivity index (χ1v) is 7.71. The molecule has 0 spiro atoms. The quantitative estimate of drug-likeness (QED) is 0.810. The molecule has 0 saturated carbocycles. The highest BCUT2D eigenvalue weighted by Crippen LogP contribution is 2.31. The van der Waals surface area contributed by atoms with Gasteiger partial charge in [0, 0.05) is 17.1 Å². The Balaban J connectivity index is 2.02. The first-order valence-electron chi connectivity index (χ1n) is 6.95. The van der Waals surface area contributed by atoms with Gasteiger partial charge < -0.3 is 14.6 Å². The number of benzene rings is 1. The maximum atomic E-state index is 12.0. The number of nitrogens with one attached hydrogen (secondary N) is 1. The van der Waals surface area contributed by atoms with Crippen molar-refractivity contribution in [1.29, 1.82) is 0 Å². The van der Waals surface area contributed by atoms with Crippen molar-refractivity contribution >= 4 is 29.1 Å². The molecule has 1 aromatic heterocycles. The van der Waals surface area contributed by atoms with Gasteiger partial charge in [-0.3, -0.25) is 4.79 Å². The minimum absolute atomic E-state index is 0.233. The highest BCUT2D eigenvalue weighted by molar-refractivity contribution is 6.35. The molecule has 1 heterocycles. The number of nitrogens with zero attached hydrogens (tertiary/aromatic N) is 1. The second-order valence-electron chi connectivity index (χ2n) is 5.20. The van der Waals surface area contributed by atoms with Gasteiger partial charge in [-0.2, -0.15) is 0 Å². The zero-order chi connectivity index (χ0) is 16.1. The summed E-state index contributed by atoms with van der Waals surface area (Å²) in [6.07, 6.45) is 0.881. The molecule has 0 unspecified atom stereocenters. The van der Waals surface area contributed by atoms with Crippen LogP contribution in [-0.4, -0.2) is 38.0 Å². The molecule has 2 aromatic rings. The molecule has 4 nitrogen and oxygen atoms in total. The van der Waals surface area contributed by atoms with Gasteiger partial charge in [-0.25, -0.2) is 0 Å². The first kappa shape index (κ1) is 16.9. The molecule has 0 aliphatic heterocycles. The van der Waals surface area contributed by atoms with Gasteiger partial charge in [0.25, 0.3) is 5.91 Å². The Kier molecular flexibility index (Phi) is 5.89. The normalized spacial score (nSPS) is 11.0. The SMILES string of the molecule is CN(C)CCCNC(=O)c1ccc(-c2cc(Cl)ccc2Cl)o1. The van der Waals surface area contributed by atoms with Crippen LogP contribution in [0, 0.1) is 0 Å². The third-order valence-corrected chi connectivity index (χ3v) is 3.66. The van der Waals surface area contributed by atoms with E-state index >= 15 is 0 Å². The van der Waals surface area contributed by atoms with E-state index < -0.39 is 0 Å². The Labute approximate surface area is 140 Å². The van der Waals surface area contributed by atoms with Crippen LogP contribution >= 0.6 is 23.2 Å². The Morgan fingerprint density at radius 1 is 1.23 bits per heavy atom. The molecular formula is C16H18Cl2N2O2. The van der Waals surface area contributed by atoms with Crippen molar-refractivity contribution < 1.29 is 9.21 Å². The Bertz CT molecular complexity index is 653. The van der Waals surface area contributed by atoms with Gasteiger partial charge in [0.05, 0.1) is 5.02 Å². The number of halogens is 2. The van der Waals surface area contributed by atoms with Crippen molar-refractivity contribution in [2.75, 3.05) is 27.2 Å². The van der Waals surface area contributed by atoms with E-state index in [1.807, 2.05) is 14.1 Å². The summed E-state index contributed by atoms with van der Waals surface area (Å²) in [5, 5.41) is 3.91. The van der Waals surface area contributed by atoms with Crippen LogP contribution in [0.4, 0.5) is 0 Å². The number of carbonyl (C=O) groups excluding carboxylic acids is 1. The highest BCUT2D eigenvalue weighted by Gasteiger charge is 2.14. The van der Waals surface area contributed by atoms with Gasteiger partial charge in [0.15, 0.2) is 5.76 Å². The summed E-state index contributed by atoms with van der Waals surface area (Å²) in [7, 11) is 3.99. The summed E-state index contributed by atoms with van der Waals surface area (Å²) in [6.45, 7) is 1.52. The molecule has 0 fully saturated rings. The molecule has 118 valence electrons. The Morgan fingerprint density at radius 2 is 2.00 bits per heavy atom. The van der Waals surface area contributed by atoms with Crippen LogP contribution in [0.25, 0.3) is 11.3 Å². The molecule has 2 rings (SSSR count). The van der Waals surface area contributed by atoms with Crippen molar-refractivity contribution in [3.63, 3.8) is 0 Å². The fraction of sp³-hybridized carbons (Fsp3) is 0.312. The van der Waals surface area contributed by atoms with Crippen molar-refractivity contribution in [3.05, 3.63) is 46.1 Å². The third kappa shape index (κ3) is 4.50. The van der Waals surface area contributed by atoms with E-state index in [2.05, 4.69) is 10.2 Å². The maximum Gasteiger partial charge on any atom is 0.287 e. The van der Waals surface area contributed by atoms with Gasteiger partial charge >= 0.3 is 0 Å². The lowest BCUT2D eigenvalue weighted by atomic mass is 10.2. The predicted molar refractivity (Wildman–Crippen MR) is 89.7 cm³/mol. The van der Waals surface area contributed by atoms with Crippen molar-refractivity contribution in [2.45, 2.75) is 6.42 Å². The molecule has 1 aromatic carbocycles. The van der Waals surface area contributed by atoms with Crippen LogP contribution < -0.4 is 5.32 Å². The van der Waals surface area contributed by atoms with E-state index in [1.54, 1.807) is 30.3 Å². The summed E-state index contributed by atoms with van der Waals surface area (Å²) in [5.41, 5.74) is 0.667. The number of carbonyl (C=O) groups is 1. The number of hydrogen-bond acceptors (Lipinski definition) is 3. The fourth-order valence-electron chi connectivity index (χ4n) is 1.98. The lowest BCUT2D eigenvalue weighted by Crippen LogP contribution is -2.26. The summed E-state index contributed by atoms with van der Waals surface area (Å²) < 4.78 is 5.58. The molecular weight excluding hydrogens is 323 g/mol. The lowest BCUT2D eigenvalue weighted by molar-refractivity contribution is 0.0925. The largest absolute Gasteiger partial charge is 0.451 e. The molecule has 0 bridgehead atoms. The zero-order valence-corrected chi connectivity index (χ0v) is 14.0. The van der Waals surface area contributed by atoms with E-state index in [1.165, 1.54) is 0 Å². The monoisotopic (exact) mass is 340 g/mol. The van der Waals surface area contributed by atoms with Crippen LogP contribution in [0.1, 0.15) is 17.0 Å². The molecule has 1 N–H and O–H groups in total. The Hall–Kier alpha value is -1.49. The zero-order valence-electron chi connectivity index (χ0n) is 12.5. The highest BCUT2D eigenvalue weighted by atomic mass is 35.5. The number of amides is 1. The predicted octanol–water partition coefficient (Wildman–Crippen LogP) is 3.93. The summed E-state index contributed by atoms with van der Waals surface area (Å²) in [5.74, 6) is 0.546. The molecule has 1 amide bonds. The van der Waals surface area contributed by atoms with Crippen LogP contribution in [0.5, 0.6) is 0 Å². The minimum Gasteiger partial charge on any atom is -0.451 e. The molecule has 0 aliphatic rings. The summed E-state index contributed by atoms with van der Waals surface area (Å²) in [4.78, 5) is 14.1. The van der Waals surface area contributed by atoms with Gasteiger partial charge in [-0.15, -0.1) is 0 Å². The standard InChI is InChI=1S/C16H18Cl2N2O2/c1-20(2)9-3-8-19-16(21)15-7-6-14(22-15)12-10-11(17)4-5-13(12)18/h4-7,10H,3,8-9H2,1-2H3,(H,19,21). The van der Waals surface area contributed by atoms with Crippen molar-refractivity contribution in [3.8, 4) is 11.3 Å². The lowest BCUT2D eigenvalue weighted by Gasteiger charge is -2.09. The smallest absolute Gasteiger partial charge is 0.287 e. The van der Waals surface area contributed by atoms with Gasteiger partial charge in [0.1, 0.15) is 5.76 Å². The minimum atomic E-state index is -0.233. The van der Waals surface area contributed by atoms with Crippen molar-refractivity contribution in [1.82, 2.24) is 10.2 Å². The third-order valence-electron chi connectivity index (χ3n) is 3.09. The molecule has 0 saturated heterocycles. The van der Waals surface area contributed by atoms with Gasteiger partial charge in [-0.1, -0.05) is 23.2 Å². The van der Waals surface area contributed by atoms with E-state index in [0.717, 1.165) is 13.0 Å². The summed E-state index contributed by atoms with van der Waals surface area (Å²) in [6, 6.07) is 8.46. The van der Waals surface area contributed by atoms with Crippen molar-refractivity contribution in [2.24, 2.45) is 0 Å². The van der Waals surface area contributed by atoms with Gasteiger partial charge in [0.2, 0.25) is 0 Å². The average Bonchev–Trinajstić information content (AvgIpc) is 2.95. The Morgan fingerprint density at radius 3 is 2.73 bits per heavy atom. The fourth-order valence-corrected chi connectivity index (χ4v) is 2.36. The van der Waals surface area contributed by atoms with Crippen LogP contribution in [-0.2, 0) is 0 Å². The number of furan rings is 1. The maximum absolute atomic E-state index is 12.0. The van der Waals surface area contributed by atoms with E-state index in [4.69, 9.17) is 27.6 Å². The van der Waals surface area contributed by atoms with Gasteiger partial charge in [-0.05, 0) is 57.4 Å². The topological polar surface area (TPSA) is 45.5 Å². The first-order chi connectivity index (χ1) is 10.5. The summed E-state index contributed by atoms with van der Waals surface area (Å²) >= 11 is 12.1. The number of hydrogen-bond donors (Lipinski definition) is 1. The molecule has 0 radical (unpaired) electrons. The van der Waals surface area contributed by atoms with E-state index in [-0.39, 0.29) is 11.7 Å². The number of rotatable bonds is 6. The second kappa shape index (κ2) is 7.68. The molecule has 0 aliphatic carbocycles. The van der Waals surface area contributed by atoms with Crippen LogP contribution in [0.3, 0.4) is 0 Å². The average molecular weight is 341 g/mol. The van der Waals surface area contributed by atoms with Crippen LogP contribution in [0.15, 0.2) is 34.7 Å². The molecule has 6 heteroatoms. The van der Waals surface area contributed by atoms with Crippen LogP contribution in [0.2, 0.25) is 10.0 Å². The van der Waals surface area contributed by atoms with E-state index in [0.29, 0.717) is 27.9 Å².